The second-order valence-corrected chi connectivity index (χ2v) is 13.6. The van der Waals surface area contributed by atoms with E-state index in [9.17, 15) is 18.9 Å². The van der Waals surface area contributed by atoms with Crippen molar-refractivity contribution >= 4 is 36.6 Å². The van der Waals surface area contributed by atoms with Gasteiger partial charge in [0.15, 0.2) is 11.2 Å². The van der Waals surface area contributed by atoms with Crippen LogP contribution in [0.15, 0.2) is 0 Å². The highest BCUT2D eigenvalue weighted by Crippen LogP contribution is 2.36. The first-order valence-electron chi connectivity index (χ1n) is 16.3. The number of phosphoric acid groups is 1. The summed E-state index contributed by atoms with van der Waals surface area (Å²) < 4.78 is 26.1. The van der Waals surface area contributed by atoms with E-state index in [0.29, 0.717) is 12.8 Å². The molecule has 0 spiro atoms. The van der Waals surface area contributed by atoms with Crippen LogP contribution >= 0.6 is 19.6 Å². The first-order valence-corrected chi connectivity index (χ1v) is 18.8. The second-order valence-electron chi connectivity index (χ2n) is 11.1. The fourth-order valence-corrected chi connectivity index (χ4v) is 5.55. The van der Waals surface area contributed by atoms with E-state index in [0.717, 1.165) is 50.7 Å². The lowest BCUT2D eigenvalue weighted by Gasteiger charge is -2.18. The van der Waals surface area contributed by atoms with E-state index >= 15 is 0 Å². The Morgan fingerprint density at radius 3 is 1.52 bits per heavy atom. The minimum absolute atomic E-state index is 0.205. The third-order valence-electron chi connectivity index (χ3n) is 6.97. The number of hydrogen-bond acceptors (Lipinski definition) is 8. The van der Waals surface area contributed by atoms with Crippen molar-refractivity contribution in [1.82, 2.24) is 0 Å². The van der Waals surface area contributed by atoms with Gasteiger partial charge in [0.1, 0.15) is 6.61 Å². The van der Waals surface area contributed by atoms with Crippen LogP contribution in [0.3, 0.4) is 0 Å². The summed E-state index contributed by atoms with van der Waals surface area (Å²) in [6, 6.07) is 0. The number of rotatable bonds is 30. The molecule has 42 heavy (non-hydrogen) atoms. The monoisotopic (exact) mass is 638 g/mol. The third kappa shape index (κ3) is 32.0. The van der Waals surface area contributed by atoms with Crippen LogP contribution in [0, 0.1) is 0 Å². The third-order valence-corrected chi connectivity index (χ3v) is 8.36. The molecule has 0 aliphatic rings. The summed E-state index contributed by atoms with van der Waals surface area (Å²) in [6.45, 7) is 2.97. The van der Waals surface area contributed by atoms with Crippen LogP contribution in [0.2, 0.25) is 0 Å². The highest BCUT2D eigenvalue weighted by Gasteiger charge is 2.22. The normalized spacial score (nSPS) is 12.3. The van der Waals surface area contributed by atoms with Crippen LogP contribution in [-0.4, -0.2) is 51.9 Å². The number of hydrogen-bond donors (Lipinski definition) is 2. The van der Waals surface area contributed by atoms with Crippen LogP contribution in [0.25, 0.3) is 0 Å². The van der Waals surface area contributed by atoms with Gasteiger partial charge in [0.2, 0.25) is 0 Å². The van der Waals surface area contributed by atoms with Gasteiger partial charge in [0.25, 0.3) is 0 Å². The summed E-state index contributed by atoms with van der Waals surface area (Å²) in [5, 5.41) is 0.205. The number of phosphoric ester groups is 1. The Labute approximate surface area is 259 Å². The van der Waals surface area contributed by atoms with E-state index in [2.05, 4.69) is 11.4 Å². The zero-order valence-electron chi connectivity index (χ0n) is 26.4. The van der Waals surface area contributed by atoms with Gasteiger partial charge in [-0.25, -0.2) is 4.57 Å². The first kappa shape index (κ1) is 41.1. The Bertz CT molecular complexity index is 729. The Morgan fingerprint density at radius 1 is 0.643 bits per heavy atom. The number of ether oxygens (including phenoxy) is 2. The zero-order chi connectivity index (χ0) is 31.3. The van der Waals surface area contributed by atoms with Gasteiger partial charge < -0.3 is 19.3 Å². The maximum absolute atomic E-state index is 12.2. The van der Waals surface area contributed by atoms with Gasteiger partial charge >= 0.3 is 19.8 Å². The van der Waals surface area contributed by atoms with E-state index in [1.807, 2.05) is 0 Å². The van der Waals surface area contributed by atoms with Crippen molar-refractivity contribution in [2.24, 2.45) is 0 Å². The molecular formula is C31H59O9PS. The average molecular weight is 639 g/mol. The summed E-state index contributed by atoms with van der Waals surface area (Å²) in [5.41, 5.74) is 0. The van der Waals surface area contributed by atoms with Crippen LogP contribution in [0.1, 0.15) is 155 Å². The van der Waals surface area contributed by atoms with Crippen molar-refractivity contribution in [3.05, 3.63) is 0 Å². The summed E-state index contributed by atoms with van der Waals surface area (Å²) in [6.07, 6.45) is 21.8. The molecule has 0 radical (unpaired) electrons. The first-order chi connectivity index (χ1) is 20.1. The van der Waals surface area contributed by atoms with E-state index in [1.165, 1.54) is 82.4 Å². The highest BCUT2D eigenvalue weighted by molar-refractivity contribution is 8.13. The molecule has 0 bridgehead atoms. The summed E-state index contributed by atoms with van der Waals surface area (Å²) >= 11 is 1.42. The van der Waals surface area contributed by atoms with E-state index in [-0.39, 0.29) is 24.6 Å². The molecular weight excluding hydrogens is 579 g/mol. The molecule has 1 atom stereocenters. The lowest BCUT2D eigenvalue weighted by Crippen LogP contribution is -2.29. The van der Waals surface area contributed by atoms with E-state index < -0.39 is 32.5 Å². The molecule has 0 aliphatic heterocycles. The van der Waals surface area contributed by atoms with E-state index in [1.54, 1.807) is 6.92 Å². The summed E-state index contributed by atoms with van der Waals surface area (Å²) in [4.78, 5) is 53.2. The van der Waals surface area contributed by atoms with Gasteiger partial charge in [-0.1, -0.05) is 128 Å². The second kappa shape index (κ2) is 28.8. The predicted molar refractivity (Wildman–Crippen MR) is 169 cm³/mol. The molecule has 0 aliphatic carbocycles. The maximum atomic E-state index is 12.2. The summed E-state index contributed by atoms with van der Waals surface area (Å²) in [7, 11) is -4.74. The van der Waals surface area contributed by atoms with Gasteiger partial charge in [0.05, 0.1) is 6.61 Å². The number of carbonyl (C=O) groups is 3. The Balaban J connectivity index is 3.91. The Hall–Kier alpha value is -0.930. The molecule has 248 valence electrons. The molecule has 0 aromatic rings. The van der Waals surface area contributed by atoms with Gasteiger partial charge in [0, 0.05) is 25.5 Å². The smallest absolute Gasteiger partial charge is 0.462 e. The van der Waals surface area contributed by atoms with Crippen LogP contribution in [0.5, 0.6) is 0 Å². The molecule has 9 nitrogen and oxygen atoms in total. The number of thioether (sulfide) groups is 1. The molecule has 11 heteroatoms. The van der Waals surface area contributed by atoms with Crippen LogP contribution in [-0.2, 0) is 32.9 Å². The molecule has 0 heterocycles. The fourth-order valence-electron chi connectivity index (χ4n) is 4.56. The standard InChI is InChI=1S/C31H59O9PS/c1-3-4-5-6-7-14-18-21-24-31(34)40-29(27-39-41(35,36)37)26-38-30(33)23-20-17-15-12-10-8-9-11-13-16-19-22-25-42-28(2)32/h29H,3-27H2,1-2H3,(H2,35,36,37)/t29-/m0/s1. The van der Waals surface area contributed by atoms with Gasteiger partial charge in [-0.3, -0.25) is 18.9 Å². The molecule has 0 fully saturated rings. The van der Waals surface area contributed by atoms with Crippen molar-refractivity contribution in [3.8, 4) is 0 Å². The minimum Gasteiger partial charge on any atom is -0.462 e. The fraction of sp³-hybridized carbons (Fsp3) is 0.903. The number of unbranched alkanes of at least 4 members (excludes halogenated alkanes) is 18. The van der Waals surface area contributed by atoms with Gasteiger partial charge in [-0.05, 0) is 19.3 Å². The van der Waals surface area contributed by atoms with Gasteiger partial charge in [-0.15, -0.1) is 0 Å². The predicted octanol–water partition coefficient (Wildman–Crippen LogP) is 8.43. The topological polar surface area (TPSA) is 136 Å². The molecule has 0 amide bonds. The minimum atomic E-state index is -4.74. The SMILES string of the molecule is CCCCCCCCCCC(=O)O[C@@H](COC(=O)CCCCCCCCCCCCCCSC(C)=O)COP(=O)(O)O. The molecule has 0 aromatic carbocycles. The molecule has 0 unspecified atom stereocenters. The largest absolute Gasteiger partial charge is 0.469 e. The van der Waals surface area contributed by atoms with Crippen molar-refractivity contribution in [2.75, 3.05) is 19.0 Å². The van der Waals surface area contributed by atoms with Crippen LogP contribution < -0.4 is 0 Å². The lowest BCUT2D eigenvalue weighted by molar-refractivity contribution is -0.161. The van der Waals surface area contributed by atoms with Crippen molar-refractivity contribution in [2.45, 2.75) is 161 Å². The molecule has 0 saturated carbocycles. The average Bonchev–Trinajstić information content (AvgIpc) is 2.93. The summed E-state index contributed by atoms with van der Waals surface area (Å²) in [5.74, 6) is 0.0309. The lowest BCUT2D eigenvalue weighted by atomic mass is 10.0. The van der Waals surface area contributed by atoms with E-state index in [4.69, 9.17) is 19.3 Å². The Kier molecular flexibility index (Phi) is 28.2. The maximum Gasteiger partial charge on any atom is 0.469 e. The van der Waals surface area contributed by atoms with Crippen molar-refractivity contribution in [1.29, 1.82) is 0 Å². The molecule has 0 aromatic heterocycles. The van der Waals surface area contributed by atoms with Crippen molar-refractivity contribution in [3.63, 3.8) is 0 Å². The number of esters is 2. The Morgan fingerprint density at radius 2 is 1.07 bits per heavy atom. The number of carbonyl (C=O) groups excluding carboxylic acids is 3. The molecule has 0 saturated heterocycles. The highest BCUT2D eigenvalue weighted by atomic mass is 32.2. The molecule has 0 rings (SSSR count). The van der Waals surface area contributed by atoms with Gasteiger partial charge in [-0.2, -0.15) is 0 Å². The quantitative estimate of drug-likeness (QED) is 0.0448. The van der Waals surface area contributed by atoms with Crippen LogP contribution in [0.4, 0.5) is 0 Å². The molecule has 2 N–H and O–H groups in total. The zero-order valence-corrected chi connectivity index (χ0v) is 28.1. The van der Waals surface area contributed by atoms with Crippen molar-refractivity contribution < 1.29 is 42.7 Å².